The van der Waals surface area contributed by atoms with Gasteiger partial charge in [-0.2, -0.15) is 0 Å². The quantitative estimate of drug-likeness (QED) is 0.340. The highest BCUT2D eigenvalue weighted by molar-refractivity contribution is 7.90. The molecule has 2 aromatic carbocycles. The van der Waals surface area contributed by atoms with Gasteiger partial charge in [-0.25, -0.2) is 8.42 Å². The standard InChI is InChI=1S/C27H28ClN3O7S2/c1-31(21-13-17(4-6-20(21)28)25(33)29-8-10-32)27(35)23-15-16-7-11-38-22-14-18(3-5-19(22)24(16)39-23)26(34)30-9-12-40(2,36)37/h3-6,13-15,32H,7-12H2,1-2H3,(H,29,33)(H,30,34). The fourth-order valence-corrected chi connectivity index (χ4v) is 6.03. The highest BCUT2D eigenvalue weighted by Crippen LogP contribution is 2.42. The van der Waals surface area contributed by atoms with Crippen LogP contribution in [-0.4, -0.2) is 76.6 Å². The molecule has 0 aliphatic carbocycles. The van der Waals surface area contributed by atoms with Crippen molar-refractivity contribution < 1.29 is 32.6 Å². The number of hydrogen-bond acceptors (Lipinski definition) is 8. The number of fused-ring (bicyclic) bond motifs is 3. The van der Waals surface area contributed by atoms with E-state index in [1.54, 1.807) is 37.4 Å². The number of carbonyl (C=O) groups excluding carboxylic acids is 3. The molecule has 3 aromatic rings. The van der Waals surface area contributed by atoms with Gasteiger partial charge < -0.3 is 25.4 Å². The minimum atomic E-state index is -3.20. The number of aliphatic hydroxyl groups is 1. The molecule has 13 heteroatoms. The van der Waals surface area contributed by atoms with Crippen LogP contribution in [0.15, 0.2) is 42.5 Å². The van der Waals surface area contributed by atoms with Gasteiger partial charge in [0.2, 0.25) is 0 Å². The van der Waals surface area contributed by atoms with Gasteiger partial charge in [-0.3, -0.25) is 14.4 Å². The van der Waals surface area contributed by atoms with Crippen LogP contribution in [0, 0.1) is 0 Å². The smallest absolute Gasteiger partial charge is 0.268 e. The molecular weight excluding hydrogens is 578 g/mol. The molecule has 212 valence electrons. The number of halogens is 1. The van der Waals surface area contributed by atoms with E-state index in [1.807, 2.05) is 6.07 Å². The average Bonchev–Trinajstić information content (AvgIpc) is 3.26. The lowest BCUT2D eigenvalue weighted by molar-refractivity contribution is 0.0940. The predicted molar refractivity (Wildman–Crippen MR) is 155 cm³/mol. The van der Waals surface area contributed by atoms with Crippen LogP contribution in [0.5, 0.6) is 5.75 Å². The van der Waals surface area contributed by atoms with Crippen molar-refractivity contribution in [2.45, 2.75) is 6.42 Å². The summed E-state index contributed by atoms with van der Waals surface area (Å²) < 4.78 is 28.6. The van der Waals surface area contributed by atoms with Crippen LogP contribution < -0.4 is 20.3 Å². The Balaban J connectivity index is 1.57. The molecule has 0 radical (unpaired) electrons. The SMILES string of the molecule is CN(C(=O)c1cc2c(s1)-c1ccc(C(=O)NCCS(C)(=O)=O)cc1OCC2)c1cc(C(=O)NCCO)ccc1Cl. The van der Waals surface area contributed by atoms with E-state index < -0.39 is 21.7 Å². The third-order valence-corrected chi connectivity index (χ3v) is 8.63. The van der Waals surface area contributed by atoms with Gasteiger partial charge in [0.1, 0.15) is 15.6 Å². The lowest BCUT2D eigenvalue weighted by Gasteiger charge is -2.19. The van der Waals surface area contributed by atoms with Crippen molar-refractivity contribution in [3.8, 4) is 16.2 Å². The van der Waals surface area contributed by atoms with Crippen LogP contribution in [0.4, 0.5) is 5.69 Å². The highest BCUT2D eigenvalue weighted by Gasteiger charge is 2.25. The van der Waals surface area contributed by atoms with Gasteiger partial charge in [0.05, 0.1) is 34.6 Å². The monoisotopic (exact) mass is 605 g/mol. The summed E-state index contributed by atoms with van der Waals surface area (Å²) in [6.07, 6.45) is 1.66. The first kappa shape index (κ1) is 29.5. The van der Waals surface area contributed by atoms with Crippen molar-refractivity contribution >= 4 is 56.2 Å². The van der Waals surface area contributed by atoms with Crippen LogP contribution >= 0.6 is 22.9 Å². The molecule has 0 saturated carbocycles. The number of thiophene rings is 1. The number of aliphatic hydroxyl groups excluding tert-OH is 1. The lowest BCUT2D eigenvalue weighted by atomic mass is 10.0. The number of anilines is 1. The summed E-state index contributed by atoms with van der Waals surface area (Å²) in [4.78, 5) is 41.1. The summed E-state index contributed by atoms with van der Waals surface area (Å²) in [6.45, 7) is 0.259. The maximum Gasteiger partial charge on any atom is 0.268 e. The lowest BCUT2D eigenvalue weighted by Crippen LogP contribution is -2.28. The van der Waals surface area contributed by atoms with E-state index in [4.69, 9.17) is 21.4 Å². The molecule has 2 heterocycles. The molecule has 0 fully saturated rings. The minimum Gasteiger partial charge on any atom is -0.493 e. The van der Waals surface area contributed by atoms with Gasteiger partial charge in [0, 0.05) is 54.4 Å². The maximum atomic E-state index is 13.5. The van der Waals surface area contributed by atoms with Crippen LogP contribution in [0.1, 0.15) is 36.0 Å². The number of rotatable bonds is 9. The normalized spacial score (nSPS) is 12.4. The Morgan fingerprint density at radius 3 is 2.42 bits per heavy atom. The second kappa shape index (κ2) is 12.4. The van der Waals surface area contributed by atoms with Gasteiger partial charge >= 0.3 is 0 Å². The number of hydrogen-bond donors (Lipinski definition) is 3. The largest absolute Gasteiger partial charge is 0.493 e. The van der Waals surface area contributed by atoms with E-state index in [0.717, 1.165) is 22.3 Å². The molecule has 1 aromatic heterocycles. The van der Waals surface area contributed by atoms with Crippen LogP contribution in [0.3, 0.4) is 0 Å². The van der Waals surface area contributed by atoms with E-state index in [0.29, 0.717) is 45.5 Å². The molecule has 0 atom stereocenters. The summed E-state index contributed by atoms with van der Waals surface area (Å²) in [5.74, 6) is -0.773. The Morgan fingerprint density at radius 2 is 1.73 bits per heavy atom. The van der Waals surface area contributed by atoms with Gasteiger partial charge in [0.25, 0.3) is 17.7 Å². The van der Waals surface area contributed by atoms with Gasteiger partial charge in [-0.05, 0) is 48.0 Å². The summed E-state index contributed by atoms with van der Waals surface area (Å²) in [5.41, 5.74) is 2.67. The van der Waals surface area contributed by atoms with E-state index in [9.17, 15) is 22.8 Å². The third-order valence-electron chi connectivity index (χ3n) is 6.17. The van der Waals surface area contributed by atoms with E-state index >= 15 is 0 Å². The van der Waals surface area contributed by atoms with E-state index in [2.05, 4.69) is 10.6 Å². The summed E-state index contributed by atoms with van der Waals surface area (Å²) in [7, 11) is -1.62. The highest BCUT2D eigenvalue weighted by atomic mass is 35.5. The van der Waals surface area contributed by atoms with Crippen LogP contribution in [-0.2, 0) is 16.3 Å². The Morgan fingerprint density at radius 1 is 1.05 bits per heavy atom. The molecule has 1 aliphatic rings. The molecule has 10 nitrogen and oxygen atoms in total. The first-order valence-corrected chi connectivity index (χ1v) is 15.6. The summed E-state index contributed by atoms with van der Waals surface area (Å²) in [6, 6.07) is 11.4. The van der Waals surface area contributed by atoms with E-state index in [1.165, 1.54) is 22.3 Å². The molecule has 0 saturated heterocycles. The Hall–Kier alpha value is -3.45. The topological polar surface area (TPSA) is 142 Å². The van der Waals surface area contributed by atoms with Crippen molar-refractivity contribution in [2.24, 2.45) is 0 Å². The van der Waals surface area contributed by atoms with Gasteiger partial charge in [-0.1, -0.05) is 11.6 Å². The molecule has 40 heavy (non-hydrogen) atoms. The molecule has 3 amide bonds. The molecule has 0 unspecified atom stereocenters. The Bertz CT molecular complexity index is 1570. The predicted octanol–water partition coefficient (Wildman–Crippen LogP) is 2.78. The number of nitrogens with one attached hydrogen (secondary N) is 2. The second-order valence-electron chi connectivity index (χ2n) is 9.17. The molecular formula is C27H28ClN3O7S2. The molecule has 0 bridgehead atoms. The second-order valence-corrected chi connectivity index (χ2v) is 12.9. The fraction of sp³-hybridized carbons (Fsp3) is 0.296. The van der Waals surface area contributed by atoms with Crippen LogP contribution in [0.2, 0.25) is 5.02 Å². The Kier molecular flexibility index (Phi) is 9.14. The summed E-state index contributed by atoms with van der Waals surface area (Å²) in [5, 5.41) is 14.4. The van der Waals surface area contributed by atoms with E-state index in [-0.39, 0.29) is 31.4 Å². The third kappa shape index (κ3) is 6.81. The zero-order valence-electron chi connectivity index (χ0n) is 21.8. The molecule has 4 rings (SSSR count). The number of ether oxygens (including phenoxy) is 1. The molecule has 1 aliphatic heterocycles. The average molecular weight is 606 g/mol. The first-order chi connectivity index (χ1) is 19.0. The fourth-order valence-electron chi connectivity index (χ4n) is 4.10. The Labute approximate surface area is 240 Å². The van der Waals surface area contributed by atoms with Gasteiger partial charge in [0.15, 0.2) is 0 Å². The number of sulfone groups is 1. The summed E-state index contributed by atoms with van der Waals surface area (Å²) >= 11 is 7.67. The molecule has 3 N–H and O–H groups in total. The van der Waals surface area contributed by atoms with Crippen molar-refractivity contribution in [1.29, 1.82) is 0 Å². The molecule has 0 spiro atoms. The van der Waals surface area contributed by atoms with Crippen LogP contribution in [0.25, 0.3) is 10.4 Å². The minimum absolute atomic E-state index is 0.00390. The number of benzene rings is 2. The van der Waals surface area contributed by atoms with Gasteiger partial charge in [-0.15, -0.1) is 11.3 Å². The first-order valence-electron chi connectivity index (χ1n) is 12.3. The van der Waals surface area contributed by atoms with Crippen molar-refractivity contribution in [3.63, 3.8) is 0 Å². The van der Waals surface area contributed by atoms with Crippen molar-refractivity contribution in [1.82, 2.24) is 10.6 Å². The number of carbonyl (C=O) groups is 3. The van der Waals surface area contributed by atoms with Crippen molar-refractivity contribution in [3.05, 3.63) is 69.1 Å². The zero-order chi connectivity index (χ0) is 29.0. The number of nitrogens with zero attached hydrogens (tertiary/aromatic N) is 1. The van der Waals surface area contributed by atoms with Crippen molar-refractivity contribution in [2.75, 3.05) is 50.3 Å². The number of amides is 3. The maximum absolute atomic E-state index is 13.5. The zero-order valence-corrected chi connectivity index (χ0v) is 24.2.